The average Bonchev–Trinajstić information content (AvgIpc) is 2.45. The number of nitrogens with one attached hydrogen (secondary N) is 1. The fourth-order valence-electron chi connectivity index (χ4n) is 1.68. The van der Waals surface area contributed by atoms with Crippen molar-refractivity contribution < 1.29 is 4.74 Å². The normalized spacial score (nSPS) is 10.1. The molecule has 94 valence electrons. The third-order valence-corrected chi connectivity index (χ3v) is 2.61. The van der Waals surface area contributed by atoms with Crippen LogP contribution in [-0.2, 0) is 6.42 Å². The van der Waals surface area contributed by atoms with Gasteiger partial charge < -0.3 is 10.1 Å². The Morgan fingerprint density at radius 3 is 2.78 bits per heavy atom. The predicted molar refractivity (Wildman–Crippen MR) is 71.8 cm³/mol. The molecule has 2 rings (SSSR count). The molecule has 1 aromatic heterocycles. The van der Waals surface area contributed by atoms with Crippen molar-refractivity contribution >= 4 is 5.95 Å². The van der Waals surface area contributed by atoms with Gasteiger partial charge in [-0.3, -0.25) is 0 Å². The SMILES string of the molecule is COc1ccnc(NCCCc2ccccc2)n1. The predicted octanol–water partition coefficient (Wildman–Crippen LogP) is 2.53. The number of benzene rings is 1. The molecule has 1 aromatic carbocycles. The molecule has 4 heteroatoms. The van der Waals surface area contributed by atoms with Crippen molar-refractivity contribution in [2.24, 2.45) is 0 Å². The number of anilines is 1. The molecule has 0 saturated heterocycles. The van der Waals surface area contributed by atoms with E-state index in [2.05, 4.69) is 39.6 Å². The Bertz CT molecular complexity index is 473. The van der Waals surface area contributed by atoms with Gasteiger partial charge in [0, 0.05) is 18.8 Å². The molecule has 0 atom stereocenters. The molecule has 4 nitrogen and oxygen atoms in total. The molecule has 18 heavy (non-hydrogen) atoms. The van der Waals surface area contributed by atoms with Crippen LogP contribution in [0, 0.1) is 0 Å². The van der Waals surface area contributed by atoms with Crippen molar-refractivity contribution in [3.05, 3.63) is 48.2 Å². The molecule has 0 amide bonds. The molecular weight excluding hydrogens is 226 g/mol. The number of nitrogens with zero attached hydrogens (tertiary/aromatic N) is 2. The second-order valence-corrected chi connectivity index (χ2v) is 3.94. The van der Waals surface area contributed by atoms with E-state index < -0.39 is 0 Å². The van der Waals surface area contributed by atoms with E-state index in [-0.39, 0.29) is 0 Å². The van der Waals surface area contributed by atoms with Crippen molar-refractivity contribution in [1.82, 2.24) is 9.97 Å². The second kappa shape index (κ2) is 6.59. The van der Waals surface area contributed by atoms with Crippen LogP contribution >= 0.6 is 0 Å². The summed E-state index contributed by atoms with van der Waals surface area (Å²) in [7, 11) is 1.60. The number of hydrogen-bond acceptors (Lipinski definition) is 4. The number of ether oxygens (including phenoxy) is 1. The third kappa shape index (κ3) is 3.73. The van der Waals surface area contributed by atoms with Gasteiger partial charge in [-0.15, -0.1) is 0 Å². The van der Waals surface area contributed by atoms with Crippen LogP contribution in [-0.4, -0.2) is 23.6 Å². The zero-order valence-electron chi connectivity index (χ0n) is 10.5. The summed E-state index contributed by atoms with van der Waals surface area (Å²) in [6, 6.07) is 12.2. The first-order chi connectivity index (χ1) is 8.88. The summed E-state index contributed by atoms with van der Waals surface area (Å²) in [5.41, 5.74) is 1.35. The highest BCUT2D eigenvalue weighted by Gasteiger charge is 1.98. The summed E-state index contributed by atoms with van der Waals surface area (Å²) in [5.74, 6) is 1.19. The van der Waals surface area contributed by atoms with Crippen LogP contribution in [0.15, 0.2) is 42.6 Å². The van der Waals surface area contributed by atoms with Gasteiger partial charge in [-0.1, -0.05) is 30.3 Å². The summed E-state index contributed by atoms with van der Waals surface area (Å²) >= 11 is 0. The highest BCUT2D eigenvalue weighted by atomic mass is 16.5. The molecule has 0 bridgehead atoms. The molecule has 0 saturated carbocycles. The monoisotopic (exact) mass is 243 g/mol. The van der Waals surface area contributed by atoms with Gasteiger partial charge in [0.15, 0.2) is 0 Å². The molecular formula is C14H17N3O. The Morgan fingerprint density at radius 2 is 2.00 bits per heavy atom. The Labute approximate surface area is 107 Å². The van der Waals surface area contributed by atoms with Gasteiger partial charge in [0.2, 0.25) is 11.8 Å². The number of aryl methyl sites for hydroxylation is 1. The van der Waals surface area contributed by atoms with Crippen LogP contribution in [0.4, 0.5) is 5.95 Å². The van der Waals surface area contributed by atoms with Crippen LogP contribution < -0.4 is 10.1 Å². The smallest absolute Gasteiger partial charge is 0.225 e. The summed E-state index contributed by atoms with van der Waals surface area (Å²) in [6.07, 6.45) is 3.79. The van der Waals surface area contributed by atoms with Gasteiger partial charge in [0.1, 0.15) is 0 Å². The first-order valence-corrected chi connectivity index (χ1v) is 6.03. The summed E-state index contributed by atoms with van der Waals surface area (Å²) < 4.78 is 5.04. The van der Waals surface area contributed by atoms with E-state index in [1.165, 1.54) is 5.56 Å². The minimum absolute atomic E-state index is 0.579. The van der Waals surface area contributed by atoms with Crippen molar-refractivity contribution in [2.45, 2.75) is 12.8 Å². The Kier molecular flexibility index (Phi) is 4.53. The molecule has 0 aliphatic rings. The number of aromatic nitrogens is 2. The maximum absolute atomic E-state index is 5.04. The van der Waals surface area contributed by atoms with E-state index >= 15 is 0 Å². The van der Waals surface area contributed by atoms with Crippen molar-refractivity contribution in [3.8, 4) is 5.88 Å². The first kappa shape index (κ1) is 12.4. The van der Waals surface area contributed by atoms with Crippen molar-refractivity contribution in [2.75, 3.05) is 19.0 Å². The van der Waals surface area contributed by atoms with Gasteiger partial charge in [-0.25, -0.2) is 4.98 Å². The Balaban J connectivity index is 1.75. The third-order valence-electron chi connectivity index (χ3n) is 2.61. The minimum atomic E-state index is 0.579. The molecule has 0 aliphatic carbocycles. The van der Waals surface area contributed by atoms with Crippen molar-refractivity contribution in [3.63, 3.8) is 0 Å². The molecule has 0 fully saturated rings. The van der Waals surface area contributed by atoms with E-state index in [4.69, 9.17) is 4.74 Å². The van der Waals surface area contributed by atoms with E-state index in [9.17, 15) is 0 Å². The fraction of sp³-hybridized carbons (Fsp3) is 0.286. The van der Waals surface area contributed by atoms with E-state index in [0.29, 0.717) is 11.8 Å². The zero-order valence-corrected chi connectivity index (χ0v) is 10.5. The first-order valence-electron chi connectivity index (χ1n) is 6.03. The molecule has 0 radical (unpaired) electrons. The molecule has 2 aromatic rings. The van der Waals surface area contributed by atoms with Gasteiger partial charge in [-0.05, 0) is 18.4 Å². The van der Waals surface area contributed by atoms with E-state index in [0.717, 1.165) is 19.4 Å². The lowest BCUT2D eigenvalue weighted by atomic mass is 10.1. The molecule has 1 heterocycles. The topological polar surface area (TPSA) is 47.0 Å². The van der Waals surface area contributed by atoms with Crippen LogP contribution in [0.25, 0.3) is 0 Å². The highest BCUT2D eigenvalue weighted by Crippen LogP contribution is 2.07. The maximum atomic E-state index is 5.04. The lowest BCUT2D eigenvalue weighted by molar-refractivity contribution is 0.397. The lowest BCUT2D eigenvalue weighted by Gasteiger charge is -2.05. The van der Waals surface area contributed by atoms with Gasteiger partial charge in [0.05, 0.1) is 7.11 Å². The fourth-order valence-corrected chi connectivity index (χ4v) is 1.68. The molecule has 0 aliphatic heterocycles. The van der Waals surface area contributed by atoms with E-state index in [1.54, 1.807) is 19.4 Å². The van der Waals surface area contributed by atoms with Crippen LogP contribution in [0.3, 0.4) is 0 Å². The second-order valence-electron chi connectivity index (χ2n) is 3.94. The molecule has 0 spiro atoms. The Morgan fingerprint density at radius 1 is 1.17 bits per heavy atom. The highest BCUT2D eigenvalue weighted by molar-refractivity contribution is 5.27. The summed E-state index contributed by atoms with van der Waals surface area (Å²) in [6.45, 7) is 0.849. The van der Waals surface area contributed by atoms with E-state index in [1.807, 2.05) is 6.07 Å². The van der Waals surface area contributed by atoms with Gasteiger partial charge in [-0.2, -0.15) is 4.98 Å². The lowest BCUT2D eigenvalue weighted by Crippen LogP contribution is -2.06. The molecule has 1 N–H and O–H groups in total. The number of rotatable bonds is 6. The zero-order chi connectivity index (χ0) is 12.6. The molecule has 0 unspecified atom stereocenters. The minimum Gasteiger partial charge on any atom is -0.481 e. The standard InChI is InChI=1S/C14H17N3O/c1-18-13-9-11-16-14(17-13)15-10-5-8-12-6-3-2-4-7-12/h2-4,6-7,9,11H,5,8,10H2,1H3,(H,15,16,17). The number of methoxy groups -OCH3 is 1. The van der Waals surface area contributed by atoms with Gasteiger partial charge >= 0.3 is 0 Å². The average molecular weight is 243 g/mol. The maximum Gasteiger partial charge on any atom is 0.225 e. The van der Waals surface area contributed by atoms with Crippen LogP contribution in [0.5, 0.6) is 5.88 Å². The Hall–Kier alpha value is -2.10. The van der Waals surface area contributed by atoms with Crippen molar-refractivity contribution in [1.29, 1.82) is 0 Å². The van der Waals surface area contributed by atoms with Crippen LogP contribution in [0.1, 0.15) is 12.0 Å². The number of hydrogen-bond donors (Lipinski definition) is 1. The summed E-state index contributed by atoms with van der Waals surface area (Å²) in [4.78, 5) is 8.32. The van der Waals surface area contributed by atoms with Crippen LogP contribution in [0.2, 0.25) is 0 Å². The van der Waals surface area contributed by atoms with Gasteiger partial charge in [0.25, 0.3) is 0 Å². The quantitative estimate of drug-likeness (QED) is 0.792. The largest absolute Gasteiger partial charge is 0.481 e. The summed E-state index contributed by atoms with van der Waals surface area (Å²) in [5, 5.41) is 3.19.